The molecular weight excluding hydrogens is 334 g/mol. The van der Waals surface area contributed by atoms with Gasteiger partial charge < -0.3 is 20.2 Å². The highest BCUT2D eigenvalue weighted by molar-refractivity contribution is 6.04. The van der Waals surface area contributed by atoms with Crippen molar-refractivity contribution in [3.8, 4) is 0 Å². The van der Waals surface area contributed by atoms with Gasteiger partial charge in [-0.15, -0.1) is 0 Å². The summed E-state index contributed by atoms with van der Waals surface area (Å²) in [6, 6.07) is 7.94. The molecule has 140 valence electrons. The summed E-state index contributed by atoms with van der Waals surface area (Å²) in [5.41, 5.74) is 2.89. The number of amides is 2. The molecule has 1 fully saturated rings. The fourth-order valence-electron chi connectivity index (χ4n) is 2.97. The number of rotatable bonds is 7. The van der Waals surface area contributed by atoms with Crippen molar-refractivity contribution in [1.29, 1.82) is 0 Å². The van der Waals surface area contributed by atoms with E-state index in [1.165, 1.54) is 5.56 Å². The first-order valence-corrected chi connectivity index (χ1v) is 9.07. The van der Waals surface area contributed by atoms with Crippen molar-refractivity contribution in [2.75, 3.05) is 19.7 Å². The molecule has 0 spiro atoms. The van der Waals surface area contributed by atoms with Crippen molar-refractivity contribution >= 4 is 17.5 Å². The Morgan fingerprint density at radius 1 is 1.23 bits per heavy atom. The quantitative estimate of drug-likeness (QED) is 0.768. The Balaban J connectivity index is 1.34. The van der Waals surface area contributed by atoms with Gasteiger partial charge in [0.05, 0.1) is 11.8 Å². The fraction of sp³-hybridized carbons (Fsp3) is 0.526. The molecule has 2 atom stereocenters. The molecule has 1 aromatic carbocycles. The Labute approximate surface area is 153 Å². The number of hydrogen-bond acceptors (Lipinski definition) is 5. The summed E-state index contributed by atoms with van der Waals surface area (Å²) in [6.45, 7) is 3.59. The average Bonchev–Trinajstić information content (AvgIpc) is 3.32. The molecule has 7 nitrogen and oxygen atoms in total. The first-order chi connectivity index (χ1) is 12.6. The minimum Gasteiger partial charge on any atom is -0.382 e. The summed E-state index contributed by atoms with van der Waals surface area (Å²) in [5.74, 6) is -0.340. The third-order valence-electron chi connectivity index (χ3n) is 4.55. The van der Waals surface area contributed by atoms with Crippen LogP contribution in [0.25, 0.3) is 0 Å². The molecular formula is C19H25N3O4. The van der Waals surface area contributed by atoms with E-state index in [4.69, 9.17) is 9.57 Å². The predicted molar refractivity (Wildman–Crippen MR) is 96.8 cm³/mol. The molecule has 1 aromatic rings. The van der Waals surface area contributed by atoms with Crippen molar-refractivity contribution in [2.45, 2.75) is 44.8 Å². The second kappa shape index (κ2) is 8.80. The lowest BCUT2D eigenvalue weighted by atomic mass is 10.0. The average molecular weight is 359 g/mol. The molecule has 2 aliphatic heterocycles. The number of benzene rings is 1. The number of nitrogens with zero attached hydrogens (tertiary/aromatic N) is 1. The first-order valence-electron chi connectivity index (χ1n) is 9.07. The lowest BCUT2D eigenvalue weighted by Gasteiger charge is -2.12. The summed E-state index contributed by atoms with van der Waals surface area (Å²) in [7, 11) is 0. The van der Waals surface area contributed by atoms with Gasteiger partial charge in [-0.1, -0.05) is 35.0 Å². The van der Waals surface area contributed by atoms with Gasteiger partial charge in [-0.3, -0.25) is 9.59 Å². The highest BCUT2D eigenvalue weighted by Gasteiger charge is 2.28. The molecule has 1 saturated heterocycles. The Morgan fingerprint density at radius 3 is 2.77 bits per heavy atom. The van der Waals surface area contributed by atoms with Crippen molar-refractivity contribution < 1.29 is 19.2 Å². The van der Waals surface area contributed by atoms with Crippen LogP contribution in [0, 0.1) is 6.92 Å². The zero-order chi connectivity index (χ0) is 18.4. The van der Waals surface area contributed by atoms with Gasteiger partial charge in [-0.25, -0.2) is 0 Å². The number of hydrogen-bond donors (Lipinski definition) is 2. The van der Waals surface area contributed by atoms with Crippen molar-refractivity contribution in [3.63, 3.8) is 0 Å². The van der Waals surface area contributed by atoms with Gasteiger partial charge in [-0.2, -0.15) is 0 Å². The maximum atomic E-state index is 12.2. The second-order valence-corrected chi connectivity index (χ2v) is 6.68. The number of carbonyl (C=O) groups excluding carboxylic acids is 2. The smallest absolute Gasteiger partial charge is 0.264 e. The minimum absolute atomic E-state index is 0.0928. The van der Waals surface area contributed by atoms with E-state index in [9.17, 15) is 9.59 Å². The molecule has 2 aliphatic rings. The lowest BCUT2D eigenvalue weighted by Crippen LogP contribution is -2.38. The van der Waals surface area contributed by atoms with Crippen molar-refractivity contribution in [3.05, 3.63) is 35.4 Å². The molecule has 0 saturated carbocycles. The van der Waals surface area contributed by atoms with E-state index < -0.39 is 6.10 Å². The topological polar surface area (TPSA) is 89.0 Å². The number of carbonyl (C=O) groups is 2. The SMILES string of the molecule is Cc1ccc(C2=NOC(C(=O)NCCC(=O)NCC3CCCO3)C2)cc1. The van der Waals surface area contributed by atoms with Crippen LogP contribution in [-0.4, -0.2) is 49.4 Å². The predicted octanol–water partition coefficient (Wildman–Crippen LogP) is 1.29. The number of nitrogens with one attached hydrogen (secondary N) is 2. The van der Waals surface area contributed by atoms with Crippen LogP contribution >= 0.6 is 0 Å². The summed E-state index contributed by atoms with van der Waals surface area (Å²) in [4.78, 5) is 29.2. The van der Waals surface area contributed by atoms with Crippen LogP contribution in [0.2, 0.25) is 0 Å². The van der Waals surface area contributed by atoms with Crippen LogP contribution in [0.5, 0.6) is 0 Å². The van der Waals surface area contributed by atoms with Gasteiger partial charge in [0.2, 0.25) is 12.0 Å². The highest BCUT2D eigenvalue weighted by Crippen LogP contribution is 2.17. The van der Waals surface area contributed by atoms with E-state index in [-0.39, 0.29) is 30.9 Å². The molecule has 0 radical (unpaired) electrons. The molecule has 2 N–H and O–H groups in total. The molecule has 26 heavy (non-hydrogen) atoms. The van der Waals surface area contributed by atoms with Crippen LogP contribution in [0.3, 0.4) is 0 Å². The van der Waals surface area contributed by atoms with E-state index in [1.807, 2.05) is 31.2 Å². The molecule has 2 heterocycles. The van der Waals surface area contributed by atoms with Crippen molar-refractivity contribution in [1.82, 2.24) is 10.6 Å². The molecule has 2 unspecified atom stereocenters. The van der Waals surface area contributed by atoms with Gasteiger partial charge in [0.1, 0.15) is 0 Å². The molecule has 7 heteroatoms. The zero-order valence-electron chi connectivity index (χ0n) is 15.0. The first kappa shape index (κ1) is 18.4. The van der Waals surface area contributed by atoms with Gasteiger partial charge in [0.15, 0.2) is 0 Å². The maximum absolute atomic E-state index is 12.2. The van der Waals surface area contributed by atoms with E-state index in [1.54, 1.807) is 0 Å². The fourth-order valence-corrected chi connectivity index (χ4v) is 2.97. The molecule has 3 rings (SSSR count). The second-order valence-electron chi connectivity index (χ2n) is 6.68. The summed E-state index contributed by atoms with van der Waals surface area (Å²) < 4.78 is 5.45. The maximum Gasteiger partial charge on any atom is 0.264 e. The Bertz CT molecular complexity index is 666. The van der Waals surface area contributed by atoms with Crippen molar-refractivity contribution in [2.24, 2.45) is 5.16 Å². The van der Waals surface area contributed by atoms with E-state index in [0.29, 0.717) is 13.0 Å². The van der Waals surface area contributed by atoms with Gasteiger partial charge in [0, 0.05) is 32.5 Å². The van der Waals surface area contributed by atoms with E-state index >= 15 is 0 Å². The number of ether oxygens (including phenoxy) is 1. The Kier molecular flexibility index (Phi) is 6.22. The summed E-state index contributed by atoms with van der Waals surface area (Å²) in [6.07, 6.45) is 2.18. The summed E-state index contributed by atoms with van der Waals surface area (Å²) >= 11 is 0. The van der Waals surface area contributed by atoms with Crippen LogP contribution in [0.1, 0.15) is 36.8 Å². The highest BCUT2D eigenvalue weighted by atomic mass is 16.6. The molecule has 0 aliphatic carbocycles. The largest absolute Gasteiger partial charge is 0.382 e. The van der Waals surface area contributed by atoms with Crippen LogP contribution in [0.15, 0.2) is 29.4 Å². The molecule has 0 bridgehead atoms. The summed E-state index contributed by atoms with van der Waals surface area (Å²) in [5, 5.41) is 9.58. The van der Waals surface area contributed by atoms with Crippen LogP contribution < -0.4 is 10.6 Å². The van der Waals surface area contributed by atoms with Crippen LogP contribution in [-0.2, 0) is 19.2 Å². The third kappa shape index (κ3) is 5.05. The minimum atomic E-state index is -0.638. The standard InChI is InChI=1S/C19H25N3O4/c1-13-4-6-14(7-5-13)16-11-17(26-22-16)19(24)20-9-8-18(23)21-12-15-3-2-10-25-15/h4-7,15,17H,2-3,8-12H2,1H3,(H,20,24)(H,21,23). The Hall–Kier alpha value is -2.41. The van der Waals surface area contributed by atoms with E-state index in [0.717, 1.165) is 30.7 Å². The van der Waals surface area contributed by atoms with Gasteiger partial charge in [0.25, 0.3) is 5.91 Å². The van der Waals surface area contributed by atoms with E-state index in [2.05, 4.69) is 15.8 Å². The van der Waals surface area contributed by atoms with Crippen LogP contribution in [0.4, 0.5) is 0 Å². The Morgan fingerprint density at radius 2 is 2.04 bits per heavy atom. The number of aryl methyl sites for hydroxylation is 1. The lowest BCUT2D eigenvalue weighted by molar-refractivity contribution is -0.131. The monoisotopic (exact) mass is 359 g/mol. The molecule has 0 aromatic heterocycles. The number of oxime groups is 1. The third-order valence-corrected chi connectivity index (χ3v) is 4.55. The van der Waals surface area contributed by atoms with Gasteiger partial charge >= 0.3 is 0 Å². The molecule has 2 amide bonds. The van der Waals surface area contributed by atoms with Gasteiger partial charge in [-0.05, 0) is 25.3 Å². The zero-order valence-corrected chi connectivity index (χ0v) is 15.0. The normalized spacial score (nSPS) is 21.8.